The van der Waals surface area contributed by atoms with Crippen LogP contribution in [0, 0.1) is 5.92 Å². The minimum atomic E-state index is 0.0884. The molecule has 0 aromatic carbocycles. The van der Waals surface area contributed by atoms with Gasteiger partial charge in [0.25, 0.3) is 0 Å². The summed E-state index contributed by atoms with van der Waals surface area (Å²) >= 11 is 0. The zero-order valence-electron chi connectivity index (χ0n) is 9.42. The van der Waals surface area contributed by atoms with Crippen molar-refractivity contribution < 1.29 is 9.59 Å². The number of nitrogens with one attached hydrogen (secondary N) is 3. The molecule has 2 unspecified atom stereocenters. The van der Waals surface area contributed by atoms with Gasteiger partial charge in [-0.2, -0.15) is 0 Å². The Morgan fingerprint density at radius 1 is 1.38 bits per heavy atom. The lowest BCUT2D eigenvalue weighted by Crippen LogP contribution is -2.48. The van der Waals surface area contributed by atoms with E-state index in [0.717, 1.165) is 25.9 Å². The van der Waals surface area contributed by atoms with Crippen molar-refractivity contribution in [2.75, 3.05) is 19.6 Å². The maximum Gasteiger partial charge on any atom is 0.220 e. The Morgan fingerprint density at radius 3 is 2.88 bits per heavy atom. The van der Waals surface area contributed by atoms with Crippen LogP contribution in [-0.4, -0.2) is 37.5 Å². The average molecular weight is 225 g/mol. The fraction of sp³-hybridized carbons (Fsp3) is 0.818. The van der Waals surface area contributed by atoms with Gasteiger partial charge in [-0.3, -0.25) is 9.59 Å². The van der Waals surface area contributed by atoms with Gasteiger partial charge in [-0.05, 0) is 31.8 Å². The minimum absolute atomic E-state index is 0.0884. The molecule has 2 saturated heterocycles. The van der Waals surface area contributed by atoms with E-state index in [-0.39, 0.29) is 17.9 Å². The molecule has 2 rings (SSSR count). The van der Waals surface area contributed by atoms with Gasteiger partial charge in [0, 0.05) is 25.4 Å². The summed E-state index contributed by atoms with van der Waals surface area (Å²) in [4.78, 5) is 22.6. The van der Waals surface area contributed by atoms with Gasteiger partial charge in [0.1, 0.15) is 0 Å². The molecule has 90 valence electrons. The molecule has 5 nitrogen and oxygen atoms in total. The molecule has 2 aliphatic rings. The highest BCUT2D eigenvalue weighted by Gasteiger charge is 2.22. The van der Waals surface area contributed by atoms with Crippen LogP contribution < -0.4 is 16.0 Å². The van der Waals surface area contributed by atoms with Gasteiger partial charge in [-0.1, -0.05) is 0 Å². The van der Waals surface area contributed by atoms with Crippen LogP contribution in [0.3, 0.4) is 0 Å². The molecule has 3 N–H and O–H groups in total. The second-order valence-electron chi connectivity index (χ2n) is 4.67. The van der Waals surface area contributed by atoms with E-state index in [1.54, 1.807) is 0 Å². The Labute approximate surface area is 95.3 Å². The molecule has 0 bridgehead atoms. The highest BCUT2D eigenvalue weighted by Crippen LogP contribution is 2.12. The predicted octanol–water partition coefficient (Wildman–Crippen LogP) is -0.619. The van der Waals surface area contributed by atoms with Crippen molar-refractivity contribution in [2.45, 2.75) is 31.7 Å². The summed E-state index contributed by atoms with van der Waals surface area (Å²) in [6.07, 6.45) is 2.99. The maximum absolute atomic E-state index is 11.7. The highest BCUT2D eigenvalue weighted by atomic mass is 16.2. The molecule has 0 spiro atoms. The first-order valence-electron chi connectivity index (χ1n) is 6.01. The van der Waals surface area contributed by atoms with E-state index in [2.05, 4.69) is 16.0 Å². The highest BCUT2D eigenvalue weighted by molar-refractivity contribution is 5.79. The number of carbonyl (C=O) groups is 2. The SMILES string of the molecule is O=C1CCC(NC(=O)CC2CCNC2)CN1. The van der Waals surface area contributed by atoms with Crippen molar-refractivity contribution in [3.05, 3.63) is 0 Å². The van der Waals surface area contributed by atoms with Gasteiger partial charge >= 0.3 is 0 Å². The fourth-order valence-corrected chi connectivity index (χ4v) is 2.29. The third-order valence-electron chi connectivity index (χ3n) is 3.27. The molecule has 16 heavy (non-hydrogen) atoms. The summed E-state index contributed by atoms with van der Waals surface area (Å²) in [7, 11) is 0. The Kier molecular flexibility index (Phi) is 3.77. The second kappa shape index (κ2) is 5.30. The Morgan fingerprint density at radius 2 is 2.25 bits per heavy atom. The normalized spacial score (nSPS) is 29.9. The molecular formula is C11H19N3O2. The molecule has 0 aromatic heterocycles. The first kappa shape index (κ1) is 11.4. The number of hydrogen-bond donors (Lipinski definition) is 3. The summed E-state index contributed by atoms with van der Waals surface area (Å²) in [5.41, 5.74) is 0. The first-order chi connectivity index (χ1) is 7.74. The third kappa shape index (κ3) is 3.20. The standard InChI is InChI=1S/C11H19N3O2/c15-10-2-1-9(7-13-10)14-11(16)5-8-3-4-12-6-8/h8-9,12H,1-7H2,(H,13,15)(H,14,16). The Bertz CT molecular complexity index is 264. The molecule has 2 amide bonds. The van der Waals surface area contributed by atoms with Crippen LogP contribution in [0.25, 0.3) is 0 Å². The van der Waals surface area contributed by atoms with Crippen molar-refractivity contribution in [3.63, 3.8) is 0 Å². The van der Waals surface area contributed by atoms with Crippen molar-refractivity contribution in [3.8, 4) is 0 Å². The lowest BCUT2D eigenvalue weighted by atomic mass is 10.0. The second-order valence-corrected chi connectivity index (χ2v) is 4.67. The first-order valence-corrected chi connectivity index (χ1v) is 6.01. The molecule has 2 fully saturated rings. The number of amides is 2. The van der Waals surface area contributed by atoms with E-state index < -0.39 is 0 Å². The van der Waals surface area contributed by atoms with Gasteiger partial charge < -0.3 is 16.0 Å². The minimum Gasteiger partial charge on any atom is -0.354 e. The maximum atomic E-state index is 11.7. The molecule has 0 aliphatic carbocycles. The van der Waals surface area contributed by atoms with Gasteiger partial charge in [0.15, 0.2) is 0 Å². The van der Waals surface area contributed by atoms with Gasteiger partial charge in [0.05, 0.1) is 0 Å². The van der Waals surface area contributed by atoms with E-state index in [1.807, 2.05) is 0 Å². The number of carbonyl (C=O) groups excluding carboxylic acids is 2. The summed E-state index contributed by atoms with van der Waals surface area (Å²) in [6, 6.07) is 0.125. The largest absolute Gasteiger partial charge is 0.354 e. The molecule has 5 heteroatoms. The van der Waals surface area contributed by atoms with Crippen molar-refractivity contribution in [1.82, 2.24) is 16.0 Å². The van der Waals surface area contributed by atoms with E-state index in [1.165, 1.54) is 0 Å². The molecule has 0 saturated carbocycles. The molecule has 0 aromatic rings. The topological polar surface area (TPSA) is 70.2 Å². The monoisotopic (exact) mass is 225 g/mol. The van der Waals surface area contributed by atoms with E-state index in [0.29, 0.717) is 25.3 Å². The van der Waals surface area contributed by atoms with Crippen molar-refractivity contribution >= 4 is 11.8 Å². The number of hydrogen-bond acceptors (Lipinski definition) is 3. The number of rotatable bonds is 3. The van der Waals surface area contributed by atoms with E-state index in [9.17, 15) is 9.59 Å². The number of piperidine rings is 1. The van der Waals surface area contributed by atoms with Crippen LogP contribution in [0.5, 0.6) is 0 Å². The zero-order valence-corrected chi connectivity index (χ0v) is 9.42. The summed E-state index contributed by atoms with van der Waals surface area (Å²) in [6.45, 7) is 2.56. The van der Waals surface area contributed by atoms with Gasteiger partial charge in [0.2, 0.25) is 11.8 Å². The zero-order chi connectivity index (χ0) is 11.4. The average Bonchev–Trinajstić information content (AvgIpc) is 2.74. The lowest BCUT2D eigenvalue weighted by molar-refractivity contribution is -0.126. The van der Waals surface area contributed by atoms with Crippen LogP contribution in [0.1, 0.15) is 25.7 Å². The van der Waals surface area contributed by atoms with Crippen LogP contribution >= 0.6 is 0 Å². The van der Waals surface area contributed by atoms with Crippen LogP contribution in [0.2, 0.25) is 0 Å². The van der Waals surface area contributed by atoms with Crippen molar-refractivity contribution in [2.24, 2.45) is 5.92 Å². The fourth-order valence-electron chi connectivity index (χ4n) is 2.29. The molecule has 0 radical (unpaired) electrons. The molecule has 2 atom stereocenters. The van der Waals surface area contributed by atoms with Gasteiger partial charge in [-0.15, -0.1) is 0 Å². The third-order valence-corrected chi connectivity index (χ3v) is 3.27. The smallest absolute Gasteiger partial charge is 0.220 e. The molecular weight excluding hydrogens is 206 g/mol. The lowest BCUT2D eigenvalue weighted by Gasteiger charge is -2.24. The predicted molar refractivity (Wildman–Crippen MR) is 59.8 cm³/mol. The molecule has 2 aliphatic heterocycles. The van der Waals surface area contributed by atoms with Crippen molar-refractivity contribution in [1.29, 1.82) is 0 Å². The van der Waals surface area contributed by atoms with Crippen LogP contribution in [0.15, 0.2) is 0 Å². The van der Waals surface area contributed by atoms with Crippen LogP contribution in [-0.2, 0) is 9.59 Å². The Balaban J connectivity index is 1.68. The van der Waals surface area contributed by atoms with Gasteiger partial charge in [-0.25, -0.2) is 0 Å². The summed E-state index contributed by atoms with van der Waals surface area (Å²) < 4.78 is 0. The summed E-state index contributed by atoms with van der Waals surface area (Å²) in [5.74, 6) is 0.693. The summed E-state index contributed by atoms with van der Waals surface area (Å²) in [5, 5.41) is 9.00. The van der Waals surface area contributed by atoms with E-state index in [4.69, 9.17) is 0 Å². The van der Waals surface area contributed by atoms with E-state index >= 15 is 0 Å². The quantitative estimate of drug-likeness (QED) is 0.599. The molecule has 2 heterocycles. The van der Waals surface area contributed by atoms with Crippen LogP contribution in [0.4, 0.5) is 0 Å². The Hall–Kier alpha value is -1.10.